The van der Waals surface area contributed by atoms with Gasteiger partial charge >= 0.3 is 33.6 Å². The van der Waals surface area contributed by atoms with Crippen molar-refractivity contribution in [2.45, 2.75) is 309 Å². The number of rotatable bonds is 75. The van der Waals surface area contributed by atoms with E-state index in [2.05, 4.69) is 215 Å². The van der Waals surface area contributed by atoms with Crippen LogP contribution in [-0.4, -0.2) is 95.9 Å². The van der Waals surface area contributed by atoms with Crippen molar-refractivity contribution >= 4 is 33.6 Å². The highest BCUT2D eigenvalue weighted by Gasteiger charge is 2.29. The molecule has 0 aliphatic heterocycles. The van der Waals surface area contributed by atoms with Crippen LogP contribution in [0, 0.1) is 0 Å². The van der Waals surface area contributed by atoms with Crippen molar-refractivity contribution in [3.63, 3.8) is 0 Å². The number of phosphoric ester groups is 2. The van der Waals surface area contributed by atoms with E-state index in [1.165, 1.54) is 25.7 Å². The number of hydrogen-bond donors (Lipinski definition) is 4. The summed E-state index contributed by atoms with van der Waals surface area (Å²) in [5.41, 5.74) is 0. The quantitative estimate of drug-likeness (QED) is 0.0146. The lowest BCUT2D eigenvalue weighted by atomic mass is 10.1. The molecule has 0 aromatic rings. The van der Waals surface area contributed by atoms with E-state index in [1.54, 1.807) is 0 Å². The van der Waals surface area contributed by atoms with E-state index >= 15 is 0 Å². The number of carbonyl (C=O) groups excluding carboxylic acids is 3. The first-order valence-electron chi connectivity index (χ1n) is 40.7. The molecule has 0 saturated heterocycles. The minimum absolute atomic E-state index is 0.0776. The molecule has 0 aliphatic rings. The average molecular weight is 1530 g/mol. The molecule has 4 N–H and O–H groups in total. The third-order valence-corrected chi connectivity index (χ3v) is 18.2. The molecule has 18 heteroatoms. The Morgan fingerprint density at radius 2 is 0.495 bits per heavy atom. The summed E-state index contributed by atoms with van der Waals surface area (Å²) in [7, 11) is -9.83. The van der Waals surface area contributed by atoms with Crippen LogP contribution >= 0.6 is 15.6 Å². The van der Waals surface area contributed by atoms with Gasteiger partial charge in [-0.1, -0.05) is 299 Å². The minimum Gasteiger partial charge on any atom is -0.463 e. The van der Waals surface area contributed by atoms with Crippen molar-refractivity contribution in [3.05, 3.63) is 194 Å². The van der Waals surface area contributed by atoms with Gasteiger partial charge in [0.15, 0.2) is 6.10 Å². The Labute approximate surface area is 648 Å². The van der Waals surface area contributed by atoms with Gasteiger partial charge in [-0.3, -0.25) is 32.5 Å². The molecule has 5 unspecified atom stereocenters. The molecule has 107 heavy (non-hydrogen) atoms. The van der Waals surface area contributed by atoms with Gasteiger partial charge in [0.05, 0.1) is 26.4 Å². The summed E-state index contributed by atoms with van der Waals surface area (Å²) < 4.78 is 61.2. The van der Waals surface area contributed by atoms with E-state index in [9.17, 15) is 43.5 Å². The molecule has 0 radical (unpaired) electrons. The molecular formula is C89H144O16P2. The molecule has 0 aromatic heterocycles. The number of phosphoric acid groups is 2. The van der Waals surface area contributed by atoms with Crippen molar-refractivity contribution in [1.29, 1.82) is 0 Å². The number of carbonyl (C=O) groups is 3. The second kappa shape index (κ2) is 79.9. The highest BCUT2D eigenvalue weighted by Crippen LogP contribution is 2.45. The third kappa shape index (κ3) is 81.2. The van der Waals surface area contributed by atoms with Gasteiger partial charge in [0, 0.05) is 19.3 Å². The van der Waals surface area contributed by atoms with E-state index in [-0.39, 0.29) is 19.3 Å². The predicted molar refractivity (Wildman–Crippen MR) is 444 cm³/mol. The van der Waals surface area contributed by atoms with Crippen LogP contribution in [0.15, 0.2) is 194 Å². The maximum atomic E-state index is 13.0. The molecule has 0 heterocycles. The second-order valence-electron chi connectivity index (χ2n) is 26.5. The maximum absolute atomic E-state index is 13.0. The van der Waals surface area contributed by atoms with Gasteiger partial charge in [-0.2, -0.15) is 0 Å². The maximum Gasteiger partial charge on any atom is 0.472 e. The number of hydrogen-bond acceptors (Lipinski definition) is 14. The first-order chi connectivity index (χ1) is 52.2. The van der Waals surface area contributed by atoms with E-state index in [4.69, 9.17) is 32.3 Å². The summed E-state index contributed by atoms with van der Waals surface area (Å²) >= 11 is 0. The van der Waals surface area contributed by atoms with Crippen molar-refractivity contribution in [2.75, 3.05) is 39.6 Å². The summed E-state index contributed by atoms with van der Waals surface area (Å²) in [5.74, 6) is -1.64. The molecule has 606 valence electrons. The lowest BCUT2D eigenvalue weighted by Crippen LogP contribution is -2.30. The summed E-state index contributed by atoms with van der Waals surface area (Å²) in [5, 5.41) is 20.7. The molecule has 0 spiro atoms. The zero-order chi connectivity index (χ0) is 78.0. The van der Waals surface area contributed by atoms with Crippen molar-refractivity contribution in [3.8, 4) is 0 Å². The molecule has 0 fully saturated rings. The van der Waals surface area contributed by atoms with Crippen LogP contribution in [0.25, 0.3) is 0 Å². The zero-order valence-electron chi connectivity index (χ0n) is 66.2. The fourth-order valence-corrected chi connectivity index (χ4v) is 11.7. The number of allylic oxidation sites excluding steroid dienone is 32. The van der Waals surface area contributed by atoms with Gasteiger partial charge in [-0.15, -0.1) is 0 Å². The number of aliphatic hydroxyl groups is 2. The van der Waals surface area contributed by atoms with E-state index in [0.29, 0.717) is 19.3 Å². The summed E-state index contributed by atoms with van der Waals surface area (Å²) in [6.07, 6.45) is 105. The van der Waals surface area contributed by atoms with Crippen molar-refractivity contribution < 1.29 is 75.8 Å². The number of esters is 3. The van der Waals surface area contributed by atoms with Crippen LogP contribution in [0.5, 0.6) is 0 Å². The molecule has 0 aromatic carbocycles. The minimum atomic E-state index is -4.96. The van der Waals surface area contributed by atoms with Crippen LogP contribution < -0.4 is 0 Å². The number of ether oxygens (including phenoxy) is 3. The lowest BCUT2D eigenvalue weighted by molar-refractivity contribution is -0.161. The van der Waals surface area contributed by atoms with Gasteiger partial charge < -0.3 is 34.2 Å². The first kappa shape index (κ1) is 101. The van der Waals surface area contributed by atoms with Gasteiger partial charge in [-0.25, -0.2) is 9.13 Å². The second-order valence-corrected chi connectivity index (χ2v) is 29.4. The highest BCUT2D eigenvalue weighted by molar-refractivity contribution is 7.47. The van der Waals surface area contributed by atoms with Crippen molar-refractivity contribution in [1.82, 2.24) is 0 Å². The monoisotopic (exact) mass is 1530 g/mol. The van der Waals surface area contributed by atoms with Crippen LogP contribution in [-0.2, 0) is 55.8 Å². The molecular weight excluding hydrogens is 1390 g/mol. The molecule has 0 bridgehead atoms. The number of unbranched alkanes of at least 4 members (excludes halogenated alkanes) is 20. The van der Waals surface area contributed by atoms with E-state index in [1.807, 2.05) is 0 Å². The van der Waals surface area contributed by atoms with Gasteiger partial charge in [0.25, 0.3) is 0 Å². The summed E-state index contributed by atoms with van der Waals surface area (Å²) in [6.45, 7) is 2.35. The van der Waals surface area contributed by atoms with Crippen LogP contribution in [0.2, 0.25) is 0 Å². The van der Waals surface area contributed by atoms with Gasteiger partial charge in [0.1, 0.15) is 25.4 Å². The van der Waals surface area contributed by atoms with Crippen LogP contribution in [0.3, 0.4) is 0 Å². The topological polar surface area (TPSA) is 231 Å². The predicted octanol–water partition coefficient (Wildman–Crippen LogP) is 24.3. The Kier molecular flexibility index (Phi) is 75.7. The Hall–Kier alpha value is -5.61. The number of aliphatic hydroxyl groups excluding tert-OH is 2. The Morgan fingerprint density at radius 1 is 0.271 bits per heavy atom. The Morgan fingerprint density at radius 3 is 0.785 bits per heavy atom. The normalized spacial score (nSPS) is 14.9. The molecule has 0 amide bonds. The van der Waals surface area contributed by atoms with Gasteiger partial charge in [0.2, 0.25) is 0 Å². The van der Waals surface area contributed by atoms with Crippen LogP contribution in [0.4, 0.5) is 0 Å². The standard InChI is InChI=1S/C89H144O16P2/c1-4-7-10-13-16-19-22-25-28-31-34-37-40-41-44-46-48-51-54-57-60-63-66-69-72-75-87(92)99-78-84(90)79-101-106(95,96)102-80-85(91)81-103-107(97,98)104-83-86(105-89(94)77-74-71-68-65-62-59-56-53-50-47-43-39-36-33-30-27-24-21-18-15-12-9-6-3)82-100-88(93)76-73-70-67-64-61-58-55-52-49-45-42-38-35-32-29-26-23-20-17-14-11-8-5-2/h7-8,10-11,16-21,25-30,34-39,41,44-45,47-51,55,58,84-86,90-91H,4-6,9,12-15,22-24,31-33,40,42-43,46,52-54,56-57,59-83H2,1-3H3,(H,95,96)(H,97,98)/b10-7-,11-8-,19-16-,20-17-,21-18-,28-25-,29-26-,30-27-,37-34-,38-35-,39-36-,44-41-,49-45-,50-47-,51-48-,58-55-. The Bertz CT molecular complexity index is 2720. The average Bonchev–Trinajstić information content (AvgIpc) is 0.903. The third-order valence-electron chi connectivity index (χ3n) is 16.3. The SMILES string of the molecule is CC/C=C\C/C=C\C/C=C\C/C=C\C/C=C\C/C=C\CCCCCCCCC(=O)OCC(O)COP(=O)(O)OCC(O)COP(=O)(O)OCC(COC(=O)CCCCCC/C=C\C/C=C\C/C=C\C/C=C\C/C=C\C/C=C\CC)OC(=O)CCCCCCCCC/C=C\C/C=C\C/C=C\C/C=C\CCCCC. The van der Waals surface area contributed by atoms with Crippen molar-refractivity contribution in [2.24, 2.45) is 0 Å². The largest absolute Gasteiger partial charge is 0.472 e. The highest BCUT2D eigenvalue weighted by atomic mass is 31.2. The summed E-state index contributed by atoms with van der Waals surface area (Å²) in [4.78, 5) is 58.8. The van der Waals surface area contributed by atoms with E-state index in [0.717, 1.165) is 205 Å². The fourth-order valence-electron chi connectivity index (χ4n) is 10.1. The first-order valence-corrected chi connectivity index (χ1v) is 43.7. The molecule has 16 nitrogen and oxygen atoms in total. The lowest BCUT2D eigenvalue weighted by Gasteiger charge is -2.21. The van der Waals surface area contributed by atoms with E-state index < -0.39 is 91.5 Å². The molecule has 5 atom stereocenters. The Balaban J connectivity index is 4.78. The molecule has 0 saturated carbocycles. The molecule has 0 rings (SSSR count). The smallest absolute Gasteiger partial charge is 0.463 e. The van der Waals surface area contributed by atoms with Crippen LogP contribution in [0.1, 0.15) is 290 Å². The molecule has 0 aliphatic carbocycles. The summed E-state index contributed by atoms with van der Waals surface area (Å²) in [6, 6.07) is 0. The van der Waals surface area contributed by atoms with Gasteiger partial charge in [-0.05, 0) is 167 Å². The fraction of sp³-hybridized carbons (Fsp3) is 0.607. The zero-order valence-corrected chi connectivity index (χ0v) is 68.0.